The van der Waals surface area contributed by atoms with Crippen molar-refractivity contribution in [2.24, 2.45) is 0 Å². The highest BCUT2D eigenvalue weighted by Gasteiger charge is 2.28. The van der Waals surface area contributed by atoms with Crippen LogP contribution in [-0.4, -0.2) is 53.7 Å². The Kier molecular flexibility index (Phi) is 6.59. The molecule has 0 radical (unpaired) electrons. The molecule has 0 atom stereocenters. The first-order valence-electron chi connectivity index (χ1n) is 12.4. The fraction of sp³-hybridized carbons (Fsp3) is 0.500. The number of hydrogen-bond donors (Lipinski definition) is 1. The van der Waals surface area contributed by atoms with Crippen molar-refractivity contribution >= 4 is 39.1 Å². The maximum atomic E-state index is 13.0. The number of benzene rings is 1. The quantitative estimate of drug-likeness (QED) is 0.527. The summed E-state index contributed by atoms with van der Waals surface area (Å²) in [4.78, 5) is 29.9. The van der Waals surface area contributed by atoms with E-state index in [-0.39, 0.29) is 11.9 Å². The van der Waals surface area contributed by atoms with Gasteiger partial charge in [0.15, 0.2) is 0 Å². The first-order chi connectivity index (χ1) is 16.5. The Labute approximate surface area is 205 Å². The van der Waals surface area contributed by atoms with Gasteiger partial charge in [0, 0.05) is 37.0 Å². The van der Waals surface area contributed by atoms with Gasteiger partial charge in [0.2, 0.25) is 0 Å². The van der Waals surface area contributed by atoms with Crippen LogP contribution in [0.4, 0.5) is 16.3 Å². The summed E-state index contributed by atoms with van der Waals surface area (Å²) in [5, 5.41) is 4.29. The van der Waals surface area contributed by atoms with Gasteiger partial charge in [-0.25, -0.2) is 14.8 Å². The van der Waals surface area contributed by atoms with E-state index in [2.05, 4.69) is 24.1 Å². The lowest BCUT2D eigenvalue weighted by molar-refractivity contribution is 0.208. The lowest BCUT2D eigenvalue weighted by Gasteiger charge is -2.36. The molecule has 8 heteroatoms. The molecule has 0 unspecified atom stereocenters. The Balaban J connectivity index is 1.35. The molecule has 2 aromatic heterocycles. The molecule has 1 saturated heterocycles. The third kappa shape index (κ3) is 4.43. The van der Waals surface area contributed by atoms with Crippen LogP contribution >= 0.6 is 11.3 Å². The zero-order valence-corrected chi connectivity index (χ0v) is 21.1. The van der Waals surface area contributed by atoms with Gasteiger partial charge in [0.1, 0.15) is 22.2 Å². The second-order valence-corrected chi connectivity index (χ2v) is 10.4. The van der Waals surface area contributed by atoms with Gasteiger partial charge in [-0.2, -0.15) is 0 Å². The van der Waals surface area contributed by atoms with Crippen LogP contribution in [0.25, 0.3) is 10.2 Å². The van der Waals surface area contributed by atoms with Crippen LogP contribution in [0.3, 0.4) is 0 Å². The number of piperazine rings is 1. The van der Waals surface area contributed by atoms with Crippen molar-refractivity contribution in [2.75, 3.05) is 43.0 Å². The van der Waals surface area contributed by atoms with Gasteiger partial charge < -0.3 is 19.9 Å². The third-order valence-electron chi connectivity index (χ3n) is 6.62. The molecule has 34 heavy (non-hydrogen) atoms. The minimum absolute atomic E-state index is 0.0876. The second-order valence-electron chi connectivity index (χ2n) is 9.28. The van der Waals surface area contributed by atoms with E-state index < -0.39 is 0 Å². The smallest absolute Gasteiger partial charge is 0.322 e. The molecule has 1 N–H and O–H groups in total. The number of urea groups is 1. The van der Waals surface area contributed by atoms with Crippen LogP contribution in [0.5, 0.6) is 5.75 Å². The molecule has 1 aliphatic carbocycles. The number of anilines is 2. The summed E-state index contributed by atoms with van der Waals surface area (Å²) in [5.74, 6) is 2.95. The molecular formula is C26H33N5O2S. The van der Waals surface area contributed by atoms with Crippen LogP contribution in [0, 0.1) is 0 Å². The number of para-hydroxylation sites is 2. The van der Waals surface area contributed by atoms with Crippen LogP contribution < -0.4 is 15.0 Å². The molecule has 2 amide bonds. The van der Waals surface area contributed by atoms with E-state index in [9.17, 15) is 4.79 Å². The SMILES string of the molecule is CCOc1ccccc1NC(=O)N1CCN(c2nc(C(C)C)nc3sc4c(c23)CCCC4)CC1. The molecular weight excluding hydrogens is 446 g/mol. The number of fused-ring (bicyclic) bond motifs is 3. The highest BCUT2D eigenvalue weighted by atomic mass is 32.1. The van der Waals surface area contributed by atoms with Crippen molar-refractivity contribution in [3.8, 4) is 5.75 Å². The van der Waals surface area contributed by atoms with Crippen molar-refractivity contribution in [1.82, 2.24) is 14.9 Å². The molecule has 0 spiro atoms. The van der Waals surface area contributed by atoms with E-state index in [1.807, 2.05) is 47.4 Å². The number of hydrogen-bond acceptors (Lipinski definition) is 6. The fourth-order valence-corrected chi connectivity index (χ4v) is 6.07. The molecule has 180 valence electrons. The normalized spacial score (nSPS) is 16.1. The van der Waals surface area contributed by atoms with Crippen molar-refractivity contribution in [3.05, 3.63) is 40.5 Å². The number of rotatable bonds is 5. The summed E-state index contributed by atoms with van der Waals surface area (Å²) in [6.45, 7) is 9.63. The largest absolute Gasteiger partial charge is 0.492 e. The maximum Gasteiger partial charge on any atom is 0.322 e. The number of nitrogens with one attached hydrogen (secondary N) is 1. The number of thiophene rings is 1. The van der Waals surface area contributed by atoms with Gasteiger partial charge in [-0.15, -0.1) is 11.3 Å². The summed E-state index contributed by atoms with van der Waals surface area (Å²) in [7, 11) is 0. The summed E-state index contributed by atoms with van der Waals surface area (Å²) in [5.41, 5.74) is 2.17. The average Bonchev–Trinajstić information content (AvgIpc) is 3.23. The molecule has 3 aromatic rings. The number of amides is 2. The van der Waals surface area contributed by atoms with E-state index in [1.54, 1.807) is 0 Å². The number of carbonyl (C=O) groups excluding carboxylic acids is 1. The highest BCUT2D eigenvalue weighted by Crippen LogP contribution is 2.40. The molecule has 5 rings (SSSR count). The van der Waals surface area contributed by atoms with Crippen molar-refractivity contribution in [2.45, 2.75) is 52.4 Å². The molecule has 1 fully saturated rings. The third-order valence-corrected chi connectivity index (χ3v) is 7.81. The van der Waals surface area contributed by atoms with Gasteiger partial charge in [-0.3, -0.25) is 0 Å². The first-order valence-corrected chi connectivity index (χ1v) is 13.2. The lowest BCUT2D eigenvalue weighted by Crippen LogP contribution is -2.50. The molecule has 0 bridgehead atoms. The standard InChI is InChI=1S/C26H33N5O2S/c1-4-33-20-11-7-6-10-19(20)27-26(32)31-15-13-30(14-16-31)24-22-18-9-5-8-12-21(18)34-25(22)29-23(28-24)17(2)3/h6-7,10-11,17H,4-5,8-9,12-16H2,1-3H3,(H,27,32). The predicted molar refractivity (Wildman–Crippen MR) is 139 cm³/mol. The summed E-state index contributed by atoms with van der Waals surface area (Å²) in [6, 6.07) is 7.49. The van der Waals surface area contributed by atoms with E-state index >= 15 is 0 Å². The number of ether oxygens (including phenoxy) is 1. The summed E-state index contributed by atoms with van der Waals surface area (Å²) < 4.78 is 5.65. The van der Waals surface area contributed by atoms with Crippen LogP contribution in [0.15, 0.2) is 24.3 Å². The molecule has 2 aliphatic rings. The maximum absolute atomic E-state index is 13.0. The first kappa shape index (κ1) is 22.9. The van der Waals surface area contributed by atoms with Gasteiger partial charge in [0.05, 0.1) is 17.7 Å². The Morgan fingerprint density at radius 3 is 2.65 bits per heavy atom. The average molecular weight is 480 g/mol. The highest BCUT2D eigenvalue weighted by molar-refractivity contribution is 7.19. The minimum atomic E-state index is -0.0876. The number of carbonyl (C=O) groups is 1. The molecule has 3 heterocycles. The molecule has 1 aliphatic heterocycles. The van der Waals surface area contributed by atoms with Crippen LogP contribution in [-0.2, 0) is 12.8 Å². The number of aromatic nitrogens is 2. The van der Waals surface area contributed by atoms with E-state index in [1.165, 1.54) is 28.7 Å². The number of aryl methyl sites for hydroxylation is 2. The van der Waals surface area contributed by atoms with Gasteiger partial charge in [-0.1, -0.05) is 26.0 Å². The van der Waals surface area contributed by atoms with E-state index in [0.29, 0.717) is 31.1 Å². The Morgan fingerprint density at radius 2 is 1.88 bits per heavy atom. The lowest BCUT2D eigenvalue weighted by atomic mass is 9.96. The topological polar surface area (TPSA) is 70.6 Å². The van der Waals surface area contributed by atoms with E-state index in [4.69, 9.17) is 14.7 Å². The summed E-state index contributed by atoms with van der Waals surface area (Å²) >= 11 is 1.86. The number of nitrogens with zero attached hydrogens (tertiary/aromatic N) is 4. The van der Waals surface area contributed by atoms with E-state index in [0.717, 1.165) is 42.4 Å². The van der Waals surface area contributed by atoms with Crippen LogP contribution in [0.2, 0.25) is 0 Å². The fourth-order valence-electron chi connectivity index (χ4n) is 4.81. The van der Waals surface area contributed by atoms with Crippen LogP contribution in [0.1, 0.15) is 55.8 Å². The molecule has 1 aromatic carbocycles. The Bertz CT molecular complexity index is 1180. The second kappa shape index (κ2) is 9.78. The zero-order chi connectivity index (χ0) is 23.7. The molecule has 0 saturated carbocycles. The van der Waals surface area contributed by atoms with Gasteiger partial charge in [0.25, 0.3) is 0 Å². The minimum Gasteiger partial charge on any atom is -0.492 e. The predicted octanol–water partition coefficient (Wildman–Crippen LogP) is 5.45. The van der Waals surface area contributed by atoms with Crippen molar-refractivity contribution < 1.29 is 9.53 Å². The Hall–Kier alpha value is -2.87. The summed E-state index contributed by atoms with van der Waals surface area (Å²) in [6.07, 6.45) is 4.78. The van der Waals surface area contributed by atoms with Crippen molar-refractivity contribution in [3.63, 3.8) is 0 Å². The van der Waals surface area contributed by atoms with Gasteiger partial charge >= 0.3 is 6.03 Å². The Morgan fingerprint density at radius 1 is 1.12 bits per heavy atom. The monoisotopic (exact) mass is 479 g/mol. The van der Waals surface area contributed by atoms with Crippen molar-refractivity contribution in [1.29, 1.82) is 0 Å². The molecule has 7 nitrogen and oxygen atoms in total. The zero-order valence-electron chi connectivity index (χ0n) is 20.3. The van der Waals surface area contributed by atoms with Gasteiger partial charge in [-0.05, 0) is 50.3 Å².